The fourth-order valence-electron chi connectivity index (χ4n) is 2.47. The molecule has 126 valence electrons. The second kappa shape index (κ2) is 6.90. The molecule has 0 saturated carbocycles. The number of hydrogen-bond acceptors (Lipinski definition) is 5. The molecule has 3 amide bonds. The average molecular weight is 347 g/mol. The molecule has 0 spiro atoms. The molecule has 1 saturated heterocycles. The van der Waals surface area contributed by atoms with Crippen molar-refractivity contribution >= 4 is 28.3 Å². The summed E-state index contributed by atoms with van der Waals surface area (Å²) in [6, 6.07) is 8.37. The van der Waals surface area contributed by atoms with Crippen LogP contribution in [0.1, 0.15) is 16.8 Å². The van der Waals surface area contributed by atoms with Gasteiger partial charge in [-0.15, -0.1) is 11.3 Å². The van der Waals surface area contributed by atoms with Crippen LogP contribution in [0.4, 0.5) is 9.80 Å². The van der Waals surface area contributed by atoms with Crippen LogP contribution in [0.2, 0.25) is 0 Å². The third kappa shape index (κ3) is 3.50. The van der Waals surface area contributed by atoms with Crippen molar-refractivity contribution in [2.75, 3.05) is 18.5 Å². The number of benzene rings is 1. The van der Waals surface area contributed by atoms with E-state index in [9.17, 15) is 9.59 Å². The van der Waals surface area contributed by atoms with Crippen molar-refractivity contribution in [1.82, 2.24) is 0 Å². The van der Waals surface area contributed by atoms with Crippen molar-refractivity contribution in [2.24, 2.45) is 11.5 Å². The highest BCUT2D eigenvalue weighted by molar-refractivity contribution is 7.20. The van der Waals surface area contributed by atoms with Gasteiger partial charge >= 0.3 is 6.03 Å². The topological polar surface area (TPSA) is 117 Å². The molecule has 2 heterocycles. The number of primary amides is 2. The van der Waals surface area contributed by atoms with Crippen molar-refractivity contribution in [2.45, 2.75) is 12.5 Å². The summed E-state index contributed by atoms with van der Waals surface area (Å²) in [5, 5.41) is 2.76. The van der Waals surface area contributed by atoms with Crippen molar-refractivity contribution in [3.05, 3.63) is 35.9 Å². The predicted molar refractivity (Wildman–Crippen MR) is 91.3 cm³/mol. The van der Waals surface area contributed by atoms with Gasteiger partial charge in [0.05, 0.1) is 18.8 Å². The monoisotopic (exact) mass is 347 g/mol. The molecule has 7 nitrogen and oxygen atoms in total. The summed E-state index contributed by atoms with van der Waals surface area (Å²) in [6.07, 6.45) is 0.838. The van der Waals surface area contributed by atoms with E-state index in [4.69, 9.17) is 20.9 Å². The third-order valence-electron chi connectivity index (χ3n) is 3.57. The summed E-state index contributed by atoms with van der Waals surface area (Å²) >= 11 is 1.22. The number of carbonyl (C=O) groups is 2. The van der Waals surface area contributed by atoms with Crippen molar-refractivity contribution in [3.63, 3.8) is 0 Å². The Morgan fingerprint density at radius 3 is 2.75 bits per heavy atom. The molecule has 1 aliphatic rings. The molecule has 0 bridgehead atoms. The lowest BCUT2D eigenvalue weighted by atomic mass is 10.1. The number of urea groups is 1. The van der Waals surface area contributed by atoms with Crippen LogP contribution < -0.4 is 21.5 Å². The Bertz CT molecular complexity index is 768. The number of hydrogen-bond donors (Lipinski definition) is 3. The highest BCUT2D eigenvalue weighted by Crippen LogP contribution is 2.40. The van der Waals surface area contributed by atoms with Crippen LogP contribution in [0.5, 0.6) is 5.75 Å². The van der Waals surface area contributed by atoms with E-state index in [1.807, 2.05) is 24.3 Å². The fourth-order valence-corrected chi connectivity index (χ4v) is 3.57. The van der Waals surface area contributed by atoms with Crippen molar-refractivity contribution < 1.29 is 19.1 Å². The molecule has 8 heteroatoms. The zero-order valence-corrected chi connectivity index (χ0v) is 13.6. The van der Waals surface area contributed by atoms with Crippen LogP contribution >= 0.6 is 11.3 Å². The van der Waals surface area contributed by atoms with Gasteiger partial charge in [-0.3, -0.25) is 10.1 Å². The van der Waals surface area contributed by atoms with E-state index in [1.54, 1.807) is 6.07 Å². The fraction of sp³-hybridized carbons (Fsp3) is 0.250. The average Bonchev–Trinajstić information content (AvgIpc) is 3.17. The lowest BCUT2D eigenvalue weighted by molar-refractivity contribution is 0.100. The molecule has 1 aliphatic heterocycles. The van der Waals surface area contributed by atoms with Crippen LogP contribution in [0.15, 0.2) is 30.3 Å². The lowest BCUT2D eigenvalue weighted by Gasteiger charge is -2.14. The number of rotatable bonds is 5. The van der Waals surface area contributed by atoms with E-state index in [0.29, 0.717) is 24.0 Å². The molecule has 3 rings (SSSR count). The second-order valence-electron chi connectivity index (χ2n) is 5.31. The molecule has 5 N–H and O–H groups in total. The maximum atomic E-state index is 11.6. The zero-order valence-electron chi connectivity index (χ0n) is 12.8. The Morgan fingerprint density at radius 2 is 2.08 bits per heavy atom. The first-order valence-corrected chi connectivity index (χ1v) is 8.20. The summed E-state index contributed by atoms with van der Waals surface area (Å²) in [5.74, 6) is 0.0553. The van der Waals surface area contributed by atoms with Crippen LogP contribution in [-0.4, -0.2) is 31.3 Å². The maximum Gasteiger partial charge on any atom is 0.317 e. The number of thiophene rings is 1. The van der Waals surface area contributed by atoms with Gasteiger partial charge in [0.1, 0.15) is 16.9 Å². The standard InChI is InChI=1S/C16H17N3O4S/c17-14(20)11-7-13(24-15(11)19-16(18)21)10-3-1-2-4-12(10)23-9-5-6-22-8-9/h1-4,7,9H,5-6,8H2,(H2,17,20)(H3,18,19,21). The number of anilines is 1. The molecule has 2 aromatic rings. The van der Waals surface area contributed by atoms with E-state index in [1.165, 1.54) is 11.3 Å². The molecule has 1 fully saturated rings. The van der Waals surface area contributed by atoms with Crippen LogP contribution in [-0.2, 0) is 4.74 Å². The second-order valence-corrected chi connectivity index (χ2v) is 6.36. The minimum Gasteiger partial charge on any atom is -0.487 e. The number of amides is 3. The minimum atomic E-state index is -0.751. The highest BCUT2D eigenvalue weighted by Gasteiger charge is 2.21. The quantitative estimate of drug-likeness (QED) is 0.768. The Morgan fingerprint density at radius 1 is 1.29 bits per heavy atom. The summed E-state index contributed by atoms with van der Waals surface area (Å²) in [5.41, 5.74) is 11.6. The van der Waals surface area contributed by atoms with Gasteiger partial charge < -0.3 is 20.9 Å². The van der Waals surface area contributed by atoms with Gasteiger partial charge in [-0.1, -0.05) is 12.1 Å². The first-order valence-electron chi connectivity index (χ1n) is 7.38. The summed E-state index contributed by atoms with van der Waals surface area (Å²) in [7, 11) is 0. The van der Waals surface area contributed by atoms with Crippen LogP contribution in [0, 0.1) is 0 Å². The Hall–Kier alpha value is -2.58. The summed E-state index contributed by atoms with van der Waals surface area (Å²) in [6.45, 7) is 1.24. The van der Waals surface area contributed by atoms with Crippen molar-refractivity contribution in [3.8, 4) is 16.2 Å². The van der Waals surface area contributed by atoms with Crippen molar-refractivity contribution in [1.29, 1.82) is 0 Å². The van der Waals surface area contributed by atoms with Gasteiger partial charge in [-0.25, -0.2) is 4.79 Å². The molecule has 24 heavy (non-hydrogen) atoms. The van der Waals surface area contributed by atoms with Crippen LogP contribution in [0.25, 0.3) is 10.4 Å². The maximum absolute atomic E-state index is 11.6. The molecular weight excluding hydrogens is 330 g/mol. The number of nitrogens with one attached hydrogen (secondary N) is 1. The molecule has 1 unspecified atom stereocenters. The smallest absolute Gasteiger partial charge is 0.317 e. The van der Waals surface area contributed by atoms with Gasteiger partial charge in [-0.05, 0) is 18.2 Å². The first kappa shape index (κ1) is 16.3. The van der Waals surface area contributed by atoms with Crippen LogP contribution in [0.3, 0.4) is 0 Å². The van der Waals surface area contributed by atoms with Gasteiger partial charge in [0.25, 0.3) is 5.91 Å². The number of ether oxygens (including phenoxy) is 2. The summed E-state index contributed by atoms with van der Waals surface area (Å²) < 4.78 is 11.3. The normalized spacial score (nSPS) is 16.8. The Balaban J connectivity index is 1.96. The highest BCUT2D eigenvalue weighted by atomic mass is 32.1. The van der Waals surface area contributed by atoms with E-state index >= 15 is 0 Å². The van der Waals surface area contributed by atoms with Gasteiger partial charge in [0, 0.05) is 16.9 Å². The largest absolute Gasteiger partial charge is 0.487 e. The van der Waals surface area contributed by atoms with Gasteiger partial charge in [0.15, 0.2) is 0 Å². The number of nitrogens with two attached hydrogens (primary N) is 2. The molecule has 1 atom stereocenters. The molecule has 1 aromatic heterocycles. The zero-order chi connectivity index (χ0) is 17.1. The Kier molecular flexibility index (Phi) is 4.68. The predicted octanol–water partition coefficient (Wildman–Crippen LogP) is 2.17. The van der Waals surface area contributed by atoms with E-state index < -0.39 is 11.9 Å². The molecule has 0 aliphatic carbocycles. The first-order chi connectivity index (χ1) is 11.5. The van der Waals surface area contributed by atoms with E-state index in [2.05, 4.69) is 5.32 Å². The molecule has 1 aromatic carbocycles. The van der Waals surface area contributed by atoms with Gasteiger partial charge in [0.2, 0.25) is 0 Å². The molecule has 0 radical (unpaired) electrons. The number of carbonyl (C=O) groups excluding carboxylic acids is 2. The lowest BCUT2D eigenvalue weighted by Crippen LogP contribution is -2.21. The number of para-hydroxylation sites is 1. The van der Waals surface area contributed by atoms with E-state index in [0.717, 1.165) is 16.9 Å². The van der Waals surface area contributed by atoms with E-state index in [-0.39, 0.29) is 11.7 Å². The van der Waals surface area contributed by atoms with Gasteiger partial charge in [-0.2, -0.15) is 0 Å². The minimum absolute atomic E-state index is 0.00457. The third-order valence-corrected chi connectivity index (χ3v) is 4.65. The SMILES string of the molecule is NC(=O)Nc1sc(-c2ccccc2OC2CCOC2)cc1C(N)=O. The Labute approximate surface area is 142 Å². The summed E-state index contributed by atoms with van der Waals surface area (Å²) in [4.78, 5) is 23.5. The molecular formula is C16H17N3O4S.